The van der Waals surface area contributed by atoms with E-state index in [9.17, 15) is 15.0 Å². The summed E-state index contributed by atoms with van der Waals surface area (Å²) in [4.78, 5) is 11.1. The van der Waals surface area contributed by atoms with Gasteiger partial charge < -0.3 is 15.3 Å². The Balaban J connectivity index is 2.46. The van der Waals surface area contributed by atoms with Crippen LogP contribution in [0.25, 0.3) is 0 Å². The fraction of sp³-hybridized carbons (Fsp3) is 0.0714. The molecule has 92 valence electrons. The fourth-order valence-corrected chi connectivity index (χ4v) is 1.87. The molecule has 0 amide bonds. The van der Waals surface area contributed by atoms with Gasteiger partial charge in [0.05, 0.1) is 0 Å². The molecule has 18 heavy (non-hydrogen) atoms. The van der Waals surface area contributed by atoms with Crippen LogP contribution in [0, 0.1) is 0 Å². The van der Waals surface area contributed by atoms with Gasteiger partial charge in [-0.1, -0.05) is 30.3 Å². The van der Waals surface area contributed by atoms with Gasteiger partial charge in [-0.3, -0.25) is 0 Å². The van der Waals surface area contributed by atoms with Crippen molar-refractivity contribution < 1.29 is 20.1 Å². The second-order valence-electron chi connectivity index (χ2n) is 3.97. The van der Waals surface area contributed by atoms with E-state index >= 15 is 0 Å². The Hall–Kier alpha value is -2.49. The molecule has 0 aromatic heterocycles. The Morgan fingerprint density at radius 2 is 1.72 bits per heavy atom. The maximum Gasteiger partial charge on any atom is 0.339 e. The van der Waals surface area contributed by atoms with Crippen LogP contribution >= 0.6 is 0 Å². The first-order chi connectivity index (χ1) is 8.58. The van der Waals surface area contributed by atoms with Gasteiger partial charge in [0.25, 0.3) is 0 Å². The van der Waals surface area contributed by atoms with Gasteiger partial charge in [-0.2, -0.15) is 0 Å². The first-order valence-corrected chi connectivity index (χ1v) is 5.40. The molecule has 3 N–H and O–H groups in total. The predicted molar refractivity (Wildman–Crippen MR) is 66.0 cm³/mol. The van der Waals surface area contributed by atoms with Crippen molar-refractivity contribution in [1.29, 1.82) is 0 Å². The number of aromatic hydroxyl groups is 2. The number of phenolic OH excluding ortho intramolecular Hbond substituents is 1. The summed E-state index contributed by atoms with van der Waals surface area (Å²) < 4.78 is 0. The van der Waals surface area contributed by atoms with Crippen LogP contribution in [0.5, 0.6) is 11.5 Å². The zero-order valence-electron chi connectivity index (χ0n) is 9.50. The topological polar surface area (TPSA) is 77.8 Å². The molecule has 0 atom stereocenters. The normalized spacial score (nSPS) is 10.2. The summed E-state index contributed by atoms with van der Waals surface area (Å²) in [5.74, 6) is -1.78. The highest BCUT2D eigenvalue weighted by Crippen LogP contribution is 2.28. The second-order valence-corrected chi connectivity index (χ2v) is 3.97. The van der Waals surface area contributed by atoms with Crippen LogP contribution < -0.4 is 0 Å². The monoisotopic (exact) mass is 244 g/mol. The summed E-state index contributed by atoms with van der Waals surface area (Å²) in [5, 5.41) is 28.1. The van der Waals surface area contributed by atoms with E-state index in [4.69, 9.17) is 5.11 Å². The van der Waals surface area contributed by atoms with Crippen molar-refractivity contribution >= 4 is 5.97 Å². The molecule has 4 heteroatoms. The number of benzene rings is 2. The minimum atomic E-state index is -1.21. The molecule has 4 nitrogen and oxygen atoms in total. The summed E-state index contributed by atoms with van der Waals surface area (Å²) in [6.07, 6.45) is 0.338. The quantitative estimate of drug-likeness (QED) is 0.774. The molecule has 0 radical (unpaired) electrons. The van der Waals surface area contributed by atoms with Gasteiger partial charge >= 0.3 is 5.97 Å². The standard InChI is InChI=1S/C14H12O4/c15-11-7-10(6-9-4-2-1-3-5-9)13(14(17)18)12(16)8-11/h1-5,7-8,15-16H,6H2,(H,17,18). The van der Waals surface area contributed by atoms with E-state index in [1.807, 2.05) is 30.3 Å². The Morgan fingerprint density at radius 3 is 2.33 bits per heavy atom. The molecule has 0 heterocycles. The van der Waals surface area contributed by atoms with Gasteiger partial charge in [-0.15, -0.1) is 0 Å². The molecule has 0 bridgehead atoms. The second kappa shape index (κ2) is 4.79. The summed E-state index contributed by atoms with van der Waals surface area (Å²) in [6, 6.07) is 11.6. The van der Waals surface area contributed by atoms with Crippen LogP contribution in [0.1, 0.15) is 21.5 Å². The lowest BCUT2D eigenvalue weighted by Gasteiger charge is -2.09. The van der Waals surface area contributed by atoms with E-state index < -0.39 is 11.7 Å². The molecule has 0 unspecified atom stereocenters. The lowest BCUT2D eigenvalue weighted by molar-refractivity contribution is 0.0692. The zero-order valence-corrected chi connectivity index (χ0v) is 9.50. The van der Waals surface area contributed by atoms with Gasteiger partial charge in [0.2, 0.25) is 0 Å². The van der Waals surface area contributed by atoms with Crippen molar-refractivity contribution in [2.75, 3.05) is 0 Å². The van der Waals surface area contributed by atoms with E-state index in [2.05, 4.69) is 0 Å². The third-order valence-corrected chi connectivity index (χ3v) is 2.64. The molecule has 0 fully saturated rings. The Labute approximate surface area is 104 Å². The van der Waals surface area contributed by atoms with Crippen molar-refractivity contribution in [3.63, 3.8) is 0 Å². The highest BCUT2D eigenvalue weighted by atomic mass is 16.4. The highest BCUT2D eigenvalue weighted by molar-refractivity contribution is 5.93. The Bertz CT molecular complexity index is 576. The van der Waals surface area contributed by atoms with Crippen molar-refractivity contribution in [2.45, 2.75) is 6.42 Å². The van der Waals surface area contributed by atoms with Gasteiger partial charge in [-0.25, -0.2) is 4.79 Å². The highest BCUT2D eigenvalue weighted by Gasteiger charge is 2.17. The molecule has 0 spiro atoms. The van der Waals surface area contributed by atoms with Crippen LogP contribution in [-0.4, -0.2) is 21.3 Å². The number of hydrogen-bond donors (Lipinski definition) is 3. The summed E-state index contributed by atoms with van der Waals surface area (Å²) >= 11 is 0. The van der Waals surface area contributed by atoms with E-state index in [0.717, 1.165) is 11.6 Å². The number of aromatic carboxylic acids is 1. The Morgan fingerprint density at radius 1 is 1.06 bits per heavy atom. The van der Waals surface area contributed by atoms with Gasteiger partial charge in [0.1, 0.15) is 17.1 Å². The zero-order chi connectivity index (χ0) is 13.1. The van der Waals surface area contributed by atoms with Gasteiger partial charge in [-0.05, 0) is 23.6 Å². The van der Waals surface area contributed by atoms with Crippen LogP contribution in [0.4, 0.5) is 0 Å². The number of rotatable bonds is 3. The smallest absolute Gasteiger partial charge is 0.339 e. The van der Waals surface area contributed by atoms with Crippen molar-refractivity contribution in [3.05, 3.63) is 59.2 Å². The maximum atomic E-state index is 11.1. The summed E-state index contributed by atoms with van der Waals surface area (Å²) in [5.41, 5.74) is 1.12. The lowest BCUT2D eigenvalue weighted by Crippen LogP contribution is -2.03. The molecule has 0 aliphatic heterocycles. The van der Waals surface area contributed by atoms with Crippen LogP contribution in [0.2, 0.25) is 0 Å². The molecule has 0 aliphatic carbocycles. The molecule has 2 aromatic rings. The molecule has 2 aromatic carbocycles. The molecule has 0 aliphatic rings. The fourth-order valence-electron chi connectivity index (χ4n) is 1.87. The number of carbonyl (C=O) groups is 1. The lowest BCUT2D eigenvalue weighted by atomic mass is 9.98. The van der Waals surface area contributed by atoms with Crippen LogP contribution in [-0.2, 0) is 6.42 Å². The molecular weight excluding hydrogens is 232 g/mol. The molecule has 2 rings (SSSR count). The Kier molecular flexibility index (Phi) is 3.19. The average Bonchev–Trinajstić information content (AvgIpc) is 2.28. The number of carboxylic acid groups (broad SMARTS) is 1. The van der Waals surface area contributed by atoms with Gasteiger partial charge in [0.15, 0.2) is 0 Å². The minimum absolute atomic E-state index is 0.150. The minimum Gasteiger partial charge on any atom is -0.508 e. The third-order valence-electron chi connectivity index (χ3n) is 2.64. The van der Waals surface area contributed by atoms with Crippen LogP contribution in [0.15, 0.2) is 42.5 Å². The van der Waals surface area contributed by atoms with E-state index in [0.29, 0.717) is 12.0 Å². The molecular formula is C14H12O4. The number of hydrogen-bond acceptors (Lipinski definition) is 3. The van der Waals surface area contributed by atoms with Crippen LogP contribution in [0.3, 0.4) is 0 Å². The summed E-state index contributed by atoms with van der Waals surface area (Å²) in [7, 11) is 0. The summed E-state index contributed by atoms with van der Waals surface area (Å²) in [6.45, 7) is 0. The maximum absolute atomic E-state index is 11.1. The van der Waals surface area contributed by atoms with E-state index in [1.165, 1.54) is 6.07 Å². The van der Waals surface area contributed by atoms with Crippen molar-refractivity contribution in [1.82, 2.24) is 0 Å². The first kappa shape index (κ1) is 12.0. The van der Waals surface area contributed by atoms with E-state index in [1.54, 1.807) is 0 Å². The molecule has 0 saturated heterocycles. The van der Waals surface area contributed by atoms with Gasteiger partial charge in [0, 0.05) is 6.07 Å². The molecule has 0 saturated carbocycles. The SMILES string of the molecule is O=C(O)c1c(O)cc(O)cc1Cc1ccccc1. The first-order valence-electron chi connectivity index (χ1n) is 5.40. The largest absolute Gasteiger partial charge is 0.508 e. The number of phenols is 2. The van der Waals surface area contributed by atoms with E-state index in [-0.39, 0.29) is 11.3 Å². The third kappa shape index (κ3) is 2.43. The van der Waals surface area contributed by atoms with Crippen molar-refractivity contribution in [3.8, 4) is 11.5 Å². The van der Waals surface area contributed by atoms with Crippen molar-refractivity contribution in [2.24, 2.45) is 0 Å². The predicted octanol–water partition coefficient (Wildman–Crippen LogP) is 2.39. The average molecular weight is 244 g/mol. The number of carboxylic acids is 1.